The van der Waals surface area contributed by atoms with E-state index in [-0.39, 0.29) is 0 Å². The maximum atomic E-state index is 11.6. The SMILES string of the molecule is CCCc1nn(C)c(C=O)c1N=C(C)N(CCCC1CCOCC1)CC(C)CC. The molecular formula is C23H40N4O2. The number of ether oxygens (including phenoxy) is 1. The van der Waals surface area contributed by atoms with E-state index < -0.39 is 0 Å². The lowest BCUT2D eigenvalue weighted by Crippen LogP contribution is -2.34. The number of rotatable bonds is 11. The number of aldehydes is 1. The number of aryl methyl sites for hydroxylation is 2. The minimum absolute atomic E-state index is 0.568. The highest BCUT2D eigenvalue weighted by Gasteiger charge is 2.18. The van der Waals surface area contributed by atoms with E-state index in [4.69, 9.17) is 9.73 Å². The predicted octanol–water partition coefficient (Wildman–Crippen LogP) is 4.79. The van der Waals surface area contributed by atoms with Crippen LogP contribution in [-0.2, 0) is 18.2 Å². The lowest BCUT2D eigenvalue weighted by Gasteiger charge is -2.28. The van der Waals surface area contributed by atoms with Crippen LogP contribution in [0.2, 0.25) is 0 Å². The summed E-state index contributed by atoms with van der Waals surface area (Å²) < 4.78 is 7.15. The largest absolute Gasteiger partial charge is 0.381 e. The summed E-state index contributed by atoms with van der Waals surface area (Å²) in [6, 6.07) is 0. The summed E-state index contributed by atoms with van der Waals surface area (Å²) in [4.78, 5) is 19.0. The lowest BCUT2D eigenvalue weighted by atomic mass is 9.95. The number of hydrogen-bond donors (Lipinski definition) is 0. The van der Waals surface area contributed by atoms with Crippen molar-refractivity contribution in [1.82, 2.24) is 14.7 Å². The van der Waals surface area contributed by atoms with Crippen molar-refractivity contribution in [2.75, 3.05) is 26.3 Å². The molecule has 1 aromatic rings. The summed E-state index contributed by atoms with van der Waals surface area (Å²) in [6.07, 6.45) is 8.65. The van der Waals surface area contributed by atoms with Gasteiger partial charge in [-0.2, -0.15) is 5.10 Å². The van der Waals surface area contributed by atoms with Gasteiger partial charge in [0.2, 0.25) is 0 Å². The molecule has 0 aliphatic carbocycles. The van der Waals surface area contributed by atoms with Crippen molar-refractivity contribution >= 4 is 17.8 Å². The molecule has 2 rings (SSSR count). The Balaban J connectivity index is 2.15. The zero-order chi connectivity index (χ0) is 21.2. The van der Waals surface area contributed by atoms with Crippen molar-refractivity contribution in [1.29, 1.82) is 0 Å². The van der Waals surface area contributed by atoms with Gasteiger partial charge in [-0.25, -0.2) is 4.99 Å². The Morgan fingerprint density at radius 1 is 1.38 bits per heavy atom. The summed E-state index contributed by atoms with van der Waals surface area (Å²) in [7, 11) is 1.82. The fourth-order valence-corrected chi connectivity index (χ4v) is 3.97. The summed E-state index contributed by atoms with van der Waals surface area (Å²) in [5.74, 6) is 2.39. The van der Waals surface area contributed by atoms with E-state index in [0.29, 0.717) is 11.6 Å². The molecule has 1 fully saturated rings. The maximum Gasteiger partial charge on any atom is 0.170 e. The van der Waals surface area contributed by atoms with Crippen molar-refractivity contribution in [2.45, 2.75) is 72.6 Å². The quantitative estimate of drug-likeness (QED) is 0.302. The maximum absolute atomic E-state index is 11.6. The van der Waals surface area contributed by atoms with Crippen molar-refractivity contribution in [2.24, 2.45) is 23.9 Å². The minimum atomic E-state index is 0.568. The molecule has 0 spiro atoms. The fourth-order valence-electron chi connectivity index (χ4n) is 3.97. The average molecular weight is 405 g/mol. The molecule has 1 aliphatic heterocycles. The first kappa shape index (κ1) is 23.6. The van der Waals surface area contributed by atoms with Crippen molar-refractivity contribution in [3.05, 3.63) is 11.4 Å². The van der Waals surface area contributed by atoms with Gasteiger partial charge in [-0.1, -0.05) is 33.6 Å². The van der Waals surface area contributed by atoms with E-state index in [1.54, 1.807) is 4.68 Å². The van der Waals surface area contributed by atoms with Crippen molar-refractivity contribution in [3.63, 3.8) is 0 Å². The molecule has 29 heavy (non-hydrogen) atoms. The molecule has 0 radical (unpaired) electrons. The summed E-state index contributed by atoms with van der Waals surface area (Å²) in [5, 5.41) is 4.53. The van der Waals surface area contributed by atoms with Gasteiger partial charge in [0, 0.05) is 33.4 Å². The Labute approximate surface area is 176 Å². The highest BCUT2D eigenvalue weighted by atomic mass is 16.5. The molecule has 0 saturated carbocycles. The molecule has 2 heterocycles. The molecular weight excluding hydrogens is 364 g/mol. The van der Waals surface area contributed by atoms with Crippen LogP contribution in [0.15, 0.2) is 4.99 Å². The van der Waals surface area contributed by atoms with Crippen LogP contribution in [0.1, 0.15) is 82.4 Å². The number of carbonyl (C=O) groups is 1. The Kier molecular flexibility index (Phi) is 9.85. The second kappa shape index (κ2) is 12.1. The molecule has 6 heteroatoms. The van der Waals surface area contributed by atoms with Gasteiger partial charge in [0.05, 0.1) is 5.69 Å². The molecule has 1 unspecified atom stereocenters. The number of nitrogens with zero attached hydrogens (tertiary/aromatic N) is 4. The van der Waals surface area contributed by atoms with Crippen LogP contribution in [0.3, 0.4) is 0 Å². The van der Waals surface area contributed by atoms with Gasteiger partial charge in [0.15, 0.2) is 6.29 Å². The van der Waals surface area contributed by atoms with Gasteiger partial charge >= 0.3 is 0 Å². The molecule has 6 nitrogen and oxygen atoms in total. The molecule has 0 N–H and O–H groups in total. The smallest absolute Gasteiger partial charge is 0.170 e. The topological polar surface area (TPSA) is 59.7 Å². The first-order valence-corrected chi connectivity index (χ1v) is 11.4. The summed E-state index contributed by atoms with van der Waals surface area (Å²) >= 11 is 0. The van der Waals surface area contributed by atoms with Gasteiger partial charge in [-0.15, -0.1) is 0 Å². The second-order valence-corrected chi connectivity index (χ2v) is 8.49. The highest BCUT2D eigenvalue weighted by Crippen LogP contribution is 2.25. The molecule has 1 aromatic heterocycles. The number of carbonyl (C=O) groups excluding carboxylic acids is 1. The Hall–Kier alpha value is -1.69. The number of amidine groups is 1. The molecule has 1 aliphatic rings. The van der Waals surface area contributed by atoms with E-state index in [2.05, 4.69) is 37.7 Å². The lowest BCUT2D eigenvalue weighted by molar-refractivity contribution is 0.0627. The van der Waals surface area contributed by atoms with Crippen LogP contribution in [0.5, 0.6) is 0 Å². The van der Waals surface area contributed by atoms with Gasteiger partial charge in [-0.3, -0.25) is 9.48 Å². The minimum Gasteiger partial charge on any atom is -0.381 e. The monoisotopic (exact) mass is 404 g/mol. The first-order valence-electron chi connectivity index (χ1n) is 11.4. The molecule has 1 saturated heterocycles. The third-order valence-electron chi connectivity index (χ3n) is 6.08. The van der Waals surface area contributed by atoms with Crippen LogP contribution in [0, 0.1) is 11.8 Å². The normalized spacial score (nSPS) is 16.8. The summed E-state index contributed by atoms with van der Waals surface area (Å²) in [5.41, 5.74) is 2.24. The van der Waals surface area contributed by atoms with Crippen molar-refractivity contribution in [3.8, 4) is 0 Å². The van der Waals surface area contributed by atoms with Crippen LogP contribution in [-0.4, -0.2) is 53.1 Å². The molecule has 1 atom stereocenters. The number of aliphatic imine (C=N–C) groups is 1. The standard InChI is InChI=1S/C23H40N4O2/c1-6-9-21-23(22(17-28)26(5)25-21)24-19(4)27(16-18(3)7-2)13-8-10-20-11-14-29-15-12-20/h17-18,20H,6-16H2,1-5H3. The zero-order valence-electron chi connectivity index (χ0n) is 19.1. The highest BCUT2D eigenvalue weighted by molar-refractivity contribution is 5.88. The predicted molar refractivity (Wildman–Crippen MR) is 119 cm³/mol. The molecule has 0 amide bonds. The Morgan fingerprint density at radius 2 is 2.10 bits per heavy atom. The van der Waals surface area contributed by atoms with Crippen LogP contribution in [0.25, 0.3) is 0 Å². The van der Waals surface area contributed by atoms with Crippen molar-refractivity contribution < 1.29 is 9.53 Å². The van der Waals surface area contributed by atoms with Gasteiger partial charge in [0.1, 0.15) is 17.2 Å². The van der Waals surface area contributed by atoms with Crippen LogP contribution >= 0.6 is 0 Å². The second-order valence-electron chi connectivity index (χ2n) is 8.49. The number of aromatic nitrogens is 2. The van der Waals surface area contributed by atoms with E-state index in [1.807, 2.05) is 7.05 Å². The third kappa shape index (κ3) is 6.95. The first-order chi connectivity index (χ1) is 14.0. The Bertz CT molecular complexity index is 662. The van der Waals surface area contributed by atoms with Crippen LogP contribution in [0.4, 0.5) is 5.69 Å². The third-order valence-corrected chi connectivity index (χ3v) is 6.08. The van der Waals surface area contributed by atoms with E-state index in [0.717, 1.165) is 75.0 Å². The molecule has 0 bridgehead atoms. The molecule has 0 aromatic carbocycles. The van der Waals surface area contributed by atoms with E-state index in [9.17, 15) is 4.79 Å². The fraction of sp³-hybridized carbons (Fsp3) is 0.783. The molecule has 164 valence electrons. The van der Waals surface area contributed by atoms with Gasteiger partial charge in [0.25, 0.3) is 0 Å². The average Bonchev–Trinajstić information content (AvgIpc) is 3.01. The van der Waals surface area contributed by atoms with Crippen LogP contribution < -0.4 is 0 Å². The zero-order valence-corrected chi connectivity index (χ0v) is 19.1. The van der Waals surface area contributed by atoms with E-state index in [1.165, 1.54) is 25.7 Å². The van der Waals surface area contributed by atoms with Gasteiger partial charge < -0.3 is 9.64 Å². The summed E-state index contributed by atoms with van der Waals surface area (Å²) in [6.45, 7) is 12.6. The Morgan fingerprint density at radius 3 is 2.72 bits per heavy atom. The number of hydrogen-bond acceptors (Lipinski definition) is 4. The van der Waals surface area contributed by atoms with E-state index >= 15 is 0 Å². The van der Waals surface area contributed by atoms with Gasteiger partial charge in [-0.05, 0) is 50.9 Å².